The van der Waals surface area contributed by atoms with Crippen molar-refractivity contribution in [2.75, 3.05) is 26.7 Å². The number of allylic oxidation sites excluding steroid dienone is 4. The first-order valence-corrected chi connectivity index (χ1v) is 9.92. The normalized spacial score (nSPS) is 21.0. The van der Waals surface area contributed by atoms with E-state index in [1.54, 1.807) is 25.3 Å². The van der Waals surface area contributed by atoms with Crippen LogP contribution in [0.4, 0.5) is 13.2 Å². The number of hydrogen-bond acceptors (Lipinski definition) is 5. The predicted octanol–water partition coefficient (Wildman–Crippen LogP) is 2.90. The van der Waals surface area contributed by atoms with Crippen molar-refractivity contribution >= 4 is 11.6 Å². The number of nitrogens with one attached hydrogen (secondary N) is 3. The fourth-order valence-electron chi connectivity index (χ4n) is 3.54. The Labute approximate surface area is 179 Å². The maximum atomic E-state index is 12.8. The van der Waals surface area contributed by atoms with Crippen LogP contribution in [0.25, 0.3) is 0 Å². The van der Waals surface area contributed by atoms with Crippen LogP contribution < -0.4 is 10.6 Å². The summed E-state index contributed by atoms with van der Waals surface area (Å²) in [4.78, 5) is 14.1. The second kappa shape index (κ2) is 9.82. The van der Waals surface area contributed by atoms with Gasteiger partial charge in [0, 0.05) is 31.8 Å². The highest BCUT2D eigenvalue weighted by Crippen LogP contribution is 2.21. The zero-order valence-corrected chi connectivity index (χ0v) is 17.1. The first-order valence-electron chi connectivity index (χ1n) is 9.92. The molecule has 1 aromatic carbocycles. The van der Waals surface area contributed by atoms with Crippen LogP contribution in [0, 0.1) is 5.41 Å². The number of benzene rings is 1. The van der Waals surface area contributed by atoms with Gasteiger partial charge in [-0.15, -0.1) is 0 Å². The van der Waals surface area contributed by atoms with Crippen molar-refractivity contribution in [3.8, 4) is 0 Å². The Balaban J connectivity index is 1.67. The van der Waals surface area contributed by atoms with Crippen LogP contribution in [-0.4, -0.2) is 55.4 Å². The molecule has 1 unspecified atom stereocenters. The van der Waals surface area contributed by atoms with Crippen LogP contribution in [0.15, 0.2) is 65.6 Å². The molecule has 1 aliphatic heterocycles. The molecule has 6 nitrogen and oxygen atoms in total. The van der Waals surface area contributed by atoms with Gasteiger partial charge in [-0.25, -0.2) is 0 Å². The molecule has 0 aromatic heterocycles. The average Bonchev–Trinajstić information content (AvgIpc) is 3.14. The lowest BCUT2D eigenvalue weighted by Gasteiger charge is -2.20. The number of hydrogen-bond donors (Lipinski definition) is 3. The van der Waals surface area contributed by atoms with Gasteiger partial charge in [0.1, 0.15) is 18.1 Å². The molecule has 31 heavy (non-hydrogen) atoms. The summed E-state index contributed by atoms with van der Waals surface area (Å²) in [6.45, 7) is -0.239. The molecular weight excluding hydrogens is 409 g/mol. The molecule has 9 heteroatoms. The highest BCUT2D eigenvalue weighted by Gasteiger charge is 2.35. The number of halogens is 3. The van der Waals surface area contributed by atoms with Crippen molar-refractivity contribution in [1.82, 2.24) is 15.5 Å². The van der Waals surface area contributed by atoms with Crippen molar-refractivity contribution < 1.29 is 22.7 Å². The predicted molar refractivity (Wildman–Crippen MR) is 111 cm³/mol. The van der Waals surface area contributed by atoms with Gasteiger partial charge in [-0.3, -0.25) is 9.69 Å². The van der Waals surface area contributed by atoms with E-state index in [1.807, 2.05) is 30.3 Å². The highest BCUT2D eigenvalue weighted by atomic mass is 19.4. The molecular formula is C22H25F3N4O2. The quantitative estimate of drug-likeness (QED) is 0.577. The van der Waals surface area contributed by atoms with Gasteiger partial charge in [0.2, 0.25) is 0 Å². The zero-order chi connectivity index (χ0) is 22.4. The summed E-state index contributed by atoms with van der Waals surface area (Å²) in [5.41, 5.74) is 1.65. The van der Waals surface area contributed by atoms with Gasteiger partial charge in [0.25, 0.3) is 5.91 Å². The molecule has 3 rings (SSSR count). The van der Waals surface area contributed by atoms with Crippen LogP contribution in [0.5, 0.6) is 0 Å². The van der Waals surface area contributed by atoms with Crippen molar-refractivity contribution in [3.05, 3.63) is 71.2 Å². The van der Waals surface area contributed by atoms with E-state index in [0.717, 1.165) is 5.56 Å². The molecule has 1 heterocycles. The number of ether oxygens (including phenoxy) is 1. The summed E-state index contributed by atoms with van der Waals surface area (Å²) in [5, 5.41) is 13.8. The fraction of sp³-hybridized carbons (Fsp3) is 0.364. The monoisotopic (exact) mass is 434 g/mol. The number of alkyl halides is 3. The number of likely N-dealkylation sites (N-methyl/N-ethyl adjacent to an activating group) is 1. The van der Waals surface area contributed by atoms with E-state index < -0.39 is 18.6 Å². The largest absolute Gasteiger partial charge is 0.489 e. The number of amides is 1. The smallest absolute Gasteiger partial charge is 0.401 e. The summed E-state index contributed by atoms with van der Waals surface area (Å²) >= 11 is 0. The summed E-state index contributed by atoms with van der Waals surface area (Å²) in [5.74, 6) is 0.0442. The van der Waals surface area contributed by atoms with Gasteiger partial charge in [0.05, 0.1) is 12.3 Å². The Bertz CT molecular complexity index is 907. The van der Waals surface area contributed by atoms with Crippen molar-refractivity contribution in [2.24, 2.45) is 0 Å². The first-order chi connectivity index (χ1) is 14.7. The molecule has 1 aliphatic carbocycles. The van der Waals surface area contributed by atoms with Crippen molar-refractivity contribution in [3.63, 3.8) is 0 Å². The minimum Gasteiger partial charge on any atom is -0.489 e. The lowest BCUT2D eigenvalue weighted by molar-refractivity contribution is -0.143. The summed E-state index contributed by atoms with van der Waals surface area (Å²) < 4.78 is 43.5. The van der Waals surface area contributed by atoms with Crippen LogP contribution in [-0.2, 0) is 16.1 Å². The van der Waals surface area contributed by atoms with Gasteiger partial charge in [-0.1, -0.05) is 30.3 Å². The number of rotatable bonds is 7. The summed E-state index contributed by atoms with van der Waals surface area (Å²) in [6, 6.07) is 9.21. The van der Waals surface area contributed by atoms with E-state index in [4.69, 9.17) is 10.1 Å². The van der Waals surface area contributed by atoms with Crippen molar-refractivity contribution in [1.29, 1.82) is 5.41 Å². The second-order valence-electron chi connectivity index (χ2n) is 7.42. The Morgan fingerprint density at radius 1 is 1.26 bits per heavy atom. The van der Waals surface area contributed by atoms with Crippen LogP contribution >= 0.6 is 0 Å². The van der Waals surface area contributed by atoms with Crippen LogP contribution in [0.3, 0.4) is 0 Å². The molecule has 1 amide bonds. The Hall–Kier alpha value is -3.07. The third-order valence-corrected chi connectivity index (χ3v) is 5.00. The SMILES string of the molecule is CN/C(C(=O)NC1CCN(CC(F)(F)F)C1)=C1/C=C(OCc2ccccc2)C=CC1=N. The van der Waals surface area contributed by atoms with Gasteiger partial charge in [-0.2, -0.15) is 13.2 Å². The lowest BCUT2D eigenvalue weighted by atomic mass is 10.0. The van der Waals surface area contributed by atoms with E-state index in [0.29, 0.717) is 24.4 Å². The van der Waals surface area contributed by atoms with Gasteiger partial charge in [-0.05, 0) is 30.2 Å². The Kier molecular flexibility index (Phi) is 7.17. The molecule has 166 valence electrons. The van der Waals surface area contributed by atoms with Crippen molar-refractivity contribution in [2.45, 2.75) is 25.2 Å². The van der Waals surface area contributed by atoms with Crippen LogP contribution in [0.1, 0.15) is 12.0 Å². The third kappa shape index (κ3) is 6.45. The average molecular weight is 434 g/mol. The third-order valence-electron chi connectivity index (χ3n) is 5.00. The molecule has 1 aromatic rings. The van der Waals surface area contributed by atoms with E-state index >= 15 is 0 Å². The topological polar surface area (TPSA) is 77.5 Å². The van der Waals surface area contributed by atoms with Gasteiger partial charge < -0.3 is 20.8 Å². The molecule has 0 saturated carbocycles. The van der Waals surface area contributed by atoms with E-state index in [-0.39, 0.29) is 30.5 Å². The lowest BCUT2D eigenvalue weighted by Crippen LogP contribution is -2.42. The maximum Gasteiger partial charge on any atom is 0.401 e. The van der Waals surface area contributed by atoms with Gasteiger partial charge in [0.15, 0.2) is 0 Å². The van der Waals surface area contributed by atoms with Gasteiger partial charge >= 0.3 is 6.18 Å². The van der Waals surface area contributed by atoms with E-state index in [9.17, 15) is 18.0 Å². The standard InChI is InChI=1S/C22H25F3N4O2/c1-27-20(21(30)28-16-9-10-29(12-16)14-22(23,24)25)18-11-17(7-8-19(18)26)31-13-15-5-3-2-4-6-15/h2-8,11,16,26-27H,9-10,12-14H2,1H3,(H,28,30)/b20-18-,26-19?. The number of carbonyl (C=O) groups is 1. The molecule has 1 atom stereocenters. The first kappa shape index (κ1) is 22.6. The fourth-order valence-corrected chi connectivity index (χ4v) is 3.54. The summed E-state index contributed by atoms with van der Waals surface area (Å²) in [7, 11) is 1.57. The number of likely N-dealkylation sites (tertiary alicyclic amines) is 1. The van der Waals surface area contributed by atoms with E-state index in [1.165, 1.54) is 4.90 Å². The molecule has 1 fully saturated rings. The van der Waals surface area contributed by atoms with E-state index in [2.05, 4.69) is 10.6 Å². The summed E-state index contributed by atoms with van der Waals surface area (Å²) in [6.07, 6.45) is 0.988. The molecule has 2 aliphatic rings. The number of carbonyl (C=O) groups excluding carboxylic acids is 1. The molecule has 0 bridgehead atoms. The van der Waals surface area contributed by atoms with Crippen LogP contribution in [0.2, 0.25) is 0 Å². The minimum absolute atomic E-state index is 0.135. The molecule has 0 radical (unpaired) electrons. The Morgan fingerprint density at radius 3 is 2.68 bits per heavy atom. The maximum absolute atomic E-state index is 12.8. The zero-order valence-electron chi connectivity index (χ0n) is 17.1. The second-order valence-corrected chi connectivity index (χ2v) is 7.42. The highest BCUT2D eigenvalue weighted by molar-refractivity contribution is 6.14. The molecule has 1 saturated heterocycles. The number of nitrogens with zero attached hydrogens (tertiary/aromatic N) is 1. The molecule has 3 N–H and O–H groups in total. The minimum atomic E-state index is -4.26. The Morgan fingerprint density at radius 2 is 2.00 bits per heavy atom. The molecule has 0 spiro atoms.